The molecule has 3 heteroatoms. The van der Waals surface area contributed by atoms with Crippen molar-refractivity contribution in [2.45, 2.75) is 32.2 Å². The van der Waals surface area contributed by atoms with E-state index in [1.807, 2.05) is 6.07 Å². The Morgan fingerprint density at radius 2 is 2.29 bits per heavy atom. The maximum Gasteiger partial charge on any atom is 0.0551 e. The molecule has 0 radical (unpaired) electrons. The molecule has 0 saturated carbocycles. The Balaban J connectivity index is 2.28. The van der Waals surface area contributed by atoms with Crippen LogP contribution in [0.15, 0.2) is 34.3 Å². The van der Waals surface area contributed by atoms with E-state index in [0.29, 0.717) is 6.04 Å². The van der Waals surface area contributed by atoms with Crippen molar-refractivity contribution in [3.8, 4) is 0 Å². The summed E-state index contributed by atoms with van der Waals surface area (Å²) in [6, 6.07) is 6.55. The first-order valence-corrected chi connectivity index (χ1v) is 7.26. The summed E-state index contributed by atoms with van der Waals surface area (Å²) >= 11 is 9.60. The van der Waals surface area contributed by atoms with Crippen LogP contribution in [-0.4, -0.2) is 6.54 Å². The van der Waals surface area contributed by atoms with Gasteiger partial charge in [-0.05, 0) is 59.4 Å². The molecule has 1 aliphatic carbocycles. The summed E-state index contributed by atoms with van der Waals surface area (Å²) in [5.74, 6) is 0. The molecular formula is C14H17BrClN. The zero-order valence-corrected chi connectivity index (χ0v) is 12.3. The van der Waals surface area contributed by atoms with E-state index in [0.717, 1.165) is 16.0 Å². The maximum absolute atomic E-state index is 6.17. The van der Waals surface area contributed by atoms with Gasteiger partial charge in [-0.2, -0.15) is 0 Å². The standard InChI is InChI=1S/C14H17BrClN/c1-2-17-14(10-5-3-4-6-10)11-7-8-12(15)13(16)9-11/h5,7-9,14,17H,2-4,6H2,1H3. The van der Waals surface area contributed by atoms with Gasteiger partial charge >= 0.3 is 0 Å². The highest BCUT2D eigenvalue weighted by atomic mass is 79.9. The van der Waals surface area contributed by atoms with E-state index in [-0.39, 0.29) is 0 Å². The molecule has 92 valence electrons. The van der Waals surface area contributed by atoms with Crippen molar-refractivity contribution < 1.29 is 0 Å². The fourth-order valence-corrected chi connectivity index (χ4v) is 2.75. The number of nitrogens with one attached hydrogen (secondary N) is 1. The monoisotopic (exact) mass is 313 g/mol. The van der Waals surface area contributed by atoms with Crippen LogP contribution < -0.4 is 5.32 Å². The molecule has 0 bridgehead atoms. The molecule has 0 aromatic heterocycles. The maximum atomic E-state index is 6.17. The van der Waals surface area contributed by atoms with E-state index >= 15 is 0 Å². The lowest BCUT2D eigenvalue weighted by Gasteiger charge is -2.20. The summed E-state index contributed by atoms with van der Waals surface area (Å²) < 4.78 is 0.957. The van der Waals surface area contributed by atoms with Crippen LogP contribution in [-0.2, 0) is 0 Å². The van der Waals surface area contributed by atoms with Gasteiger partial charge in [-0.25, -0.2) is 0 Å². The lowest BCUT2D eigenvalue weighted by Crippen LogP contribution is -2.22. The number of benzene rings is 1. The van der Waals surface area contributed by atoms with Gasteiger partial charge in [0.2, 0.25) is 0 Å². The predicted molar refractivity (Wildman–Crippen MR) is 77.5 cm³/mol. The molecule has 17 heavy (non-hydrogen) atoms. The summed E-state index contributed by atoms with van der Waals surface area (Å²) in [5, 5.41) is 4.33. The normalized spacial score (nSPS) is 17.0. The number of hydrogen-bond donors (Lipinski definition) is 1. The molecule has 0 saturated heterocycles. The van der Waals surface area contributed by atoms with Crippen molar-refractivity contribution in [3.05, 3.63) is 44.9 Å². The van der Waals surface area contributed by atoms with E-state index in [4.69, 9.17) is 11.6 Å². The van der Waals surface area contributed by atoms with Crippen molar-refractivity contribution >= 4 is 27.5 Å². The average Bonchev–Trinajstić information content (AvgIpc) is 2.83. The second kappa shape index (κ2) is 6.03. The molecule has 1 nitrogen and oxygen atoms in total. The molecule has 1 atom stereocenters. The fourth-order valence-electron chi connectivity index (χ4n) is 2.32. The van der Waals surface area contributed by atoms with E-state index < -0.39 is 0 Å². The third-order valence-corrected chi connectivity index (χ3v) is 4.36. The van der Waals surface area contributed by atoms with Crippen molar-refractivity contribution in [2.24, 2.45) is 0 Å². The zero-order chi connectivity index (χ0) is 12.3. The highest BCUT2D eigenvalue weighted by Crippen LogP contribution is 2.33. The molecule has 0 heterocycles. The van der Waals surface area contributed by atoms with Crippen LogP contribution in [0.25, 0.3) is 0 Å². The third-order valence-electron chi connectivity index (χ3n) is 3.13. The lowest BCUT2D eigenvalue weighted by atomic mass is 9.98. The van der Waals surface area contributed by atoms with E-state index in [2.05, 4.69) is 46.4 Å². The smallest absolute Gasteiger partial charge is 0.0551 e. The summed E-state index contributed by atoms with van der Waals surface area (Å²) in [6.07, 6.45) is 6.05. The first kappa shape index (κ1) is 13.1. The van der Waals surface area contributed by atoms with E-state index in [9.17, 15) is 0 Å². The largest absolute Gasteiger partial charge is 0.307 e. The minimum absolute atomic E-state index is 0.327. The van der Waals surface area contributed by atoms with Gasteiger partial charge in [-0.3, -0.25) is 0 Å². The van der Waals surface area contributed by atoms with Crippen molar-refractivity contribution in [2.75, 3.05) is 6.54 Å². The Hall–Kier alpha value is -0.310. The van der Waals surface area contributed by atoms with Crippen LogP contribution in [0.1, 0.15) is 37.8 Å². The fraction of sp³-hybridized carbons (Fsp3) is 0.429. The number of likely N-dealkylation sites (N-methyl/N-ethyl adjacent to an activating group) is 1. The Morgan fingerprint density at radius 3 is 2.88 bits per heavy atom. The summed E-state index contributed by atoms with van der Waals surface area (Å²) in [6.45, 7) is 3.11. The average molecular weight is 315 g/mol. The van der Waals surface area contributed by atoms with Crippen LogP contribution >= 0.6 is 27.5 Å². The number of rotatable bonds is 4. The lowest BCUT2D eigenvalue weighted by molar-refractivity contribution is 0.605. The molecular weight excluding hydrogens is 298 g/mol. The second-order valence-corrected chi connectivity index (χ2v) is 5.60. The number of hydrogen-bond acceptors (Lipinski definition) is 1. The molecule has 0 spiro atoms. The van der Waals surface area contributed by atoms with Gasteiger partial charge < -0.3 is 5.32 Å². The minimum Gasteiger partial charge on any atom is -0.307 e. The predicted octanol–water partition coefficient (Wildman–Crippen LogP) is 4.86. The van der Waals surface area contributed by atoms with Gasteiger partial charge in [0.05, 0.1) is 11.1 Å². The topological polar surface area (TPSA) is 12.0 Å². The van der Waals surface area contributed by atoms with Gasteiger partial charge in [-0.15, -0.1) is 0 Å². The Kier molecular flexibility index (Phi) is 4.66. The summed E-state index contributed by atoms with van der Waals surface area (Å²) in [7, 11) is 0. The molecule has 1 aliphatic rings. The second-order valence-electron chi connectivity index (χ2n) is 4.34. The molecule has 1 aromatic carbocycles. The minimum atomic E-state index is 0.327. The Bertz CT molecular complexity index is 428. The summed E-state index contributed by atoms with van der Waals surface area (Å²) in [4.78, 5) is 0. The third kappa shape index (κ3) is 3.12. The first-order valence-electron chi connectivity index (χ1n) is 6.09. The molecule has 2 rings (SSSR count). The van der Waals surface area contributed by atoms with Crippen LogP contribution in [0.3, 0.4) is 0 Å². The van der Waals surface area contributed by atoms with Crippen LogP contribution in [0.2, 0.25) is 5.02 Å². The number of halogens is 2. The summed E-state index contributed by atoms with van der Waals surface area (Å²) in [5.41, 5.74) is 2.76. The Labute approximate surface area is 116 Å². The van der Waals surface area contributed by atoms with E-state index in [1.54, 1.807) is 0 Å². The van der Waals surface area contributed by atoms with Gasteiger partial charge in [0.1, 0.15) is 0 Å². The molecule has 0 amide bonds. The van der Waals surface area contributed by atoms with Crippen LogP contribution in [0, 0.1) is 0 Å². The van der Waals surface area contributed by atoms with Gasteiger partial charge in [-0.1, -0.05) is 36.2 Å². The van der Waals surface area contributed by atoms with E-state index in [1.165, 1.54) is 30.4 Å². The Morgan fingerprint density at radius 1 is 1.47 bits per heavy atom. The molecule has 1 aromatic rings. The zero-order valence-electron chi connectivity index (χ0n) is 9.97. The van der Waals surface area contributed by atoms with Crippen LogP contribution in [0.4, 0.5) is 0 Å². The molecule has 0 fully saturated rings. The van der Waals surface area contributed by atoms with Crippen molar-refractivity contribution in [3.63, 3.8) is 0 Å². The van der Waals surface area contributed by atoms with Crippen molar-refractivity contribution in [1.29, 1.82) is 0 Å². The molecule has 1 unspecified atom stereocenters. The first-order chi connectivity index (χ1) is 8.22. The van der Waals surface area contributed by atoms with Gasteiger partial charge in [0.15, 0.2) is 0 Å². The van der Waals surface area contributed by atoms with Crippen molar-refractivity contribution in [1.82, 2.24) is 5.32 Å². The highest BCUT2D eigenvalue weighted by Gasteiger charge is 2.18. The molecule has 1 N–H and O–H groups in total. The quantitative estimate of drug-likeness (QED) is 0.782. The van der Waals surface area contributed by atoms with Gasteiger partial charge in [0.25, 0.3) is 0 Å². The van der Waals surface area contributed by atoms with Crippen LogP contribution in [0.5, 0.6) is 0 Å². The van der Waals surface area contributed by atoms with Gasteiger partial charge in [0, 0.05) is 4.47 Å². The highest BCUT2D eigenvalue weighted by molar-refractivity contribution is 9.10. The SMILES string of the molecule is CCNC(C1=CCCC1)c1ccc(Br)c(Cl)c1. The number of allylic oxidation sites excluding steroid dienone is 1. The molecule has 0 aliphatic heterocycles.